The van der Waals surface area contributed by atoms with Crippen LogP contribution in [0.5, 0.6) is 6.08 Å². The summed E-state index contributed by atoms with van der Waals surface area (Å²) >= 11 is 0. The lowest BCUT2D eigenvalue weighted by Crippen LogP contribution is -2.45. The number of Topliss-reactive ketones (excluding diaryl/α,β-unsaturated/α-hetero) is 1. The SMILES string of the molecule is CC(C)(C)OC(=O)C[C@H]1CCCCC/C=C\[C@@H]2C[C@@]2(C(=O)O)CC(=O)[C@@H]2C[C@@H](Oc3nc4ccccc4o3)CN2C1=O. The number of esters is 1. The highest BCUT2D eigenvalue weighted by molar-refractivity contribution is 5.95. The summed E-state index contributed by atoms with van der Waals surface area (Å²) in [5, 5.41) is 10.1. The van der Waals surface area contributed by atoms with Crippen LogP contribution in [0.25, 0.3) is 11.1 Å². The number of aliphatic carboxylic acids is 1. The number of allylic oxidation sites excluding steroid dienone is 2. The van der Waals surface area contributed by atoms with Gasteiger partial charge in [-0.15, -0.1) is 0 Å². The van der Waals surface area contributed by atoms with Crippen LogP contribution in [0.15, 0.2) is 40.8 Å². The second-order valence-electron chi connectivity index (χ2n) is 12.9. The molecule has 0 spiro atoms. The molecule has 0 unspecified atom stereocenters. The van der Waals surface area contributed by atoms with Gasteiger partial charge in [0.1, 0.15) is 17.2 Å². The summed E-state index contributed by atoms with van der Waals surface area (Å²) in [5.41, 5.74) is -0.664. The third kappa shape index (κ3) is 6.68. The monoisotopic (exact) mass is 580 g/mol. The van der Waals surface area contributed by atoms with Crippen molar-refractivity contribution < 1.29 is 38.2 Å². The minimum absolute atomic E-state index is 0.0449. The van der Waals surface area contributed by atoms with Crippen molar-refractivity contribution in [3.63, 3.8) is 0 Å². The standard InChI is InChI=1S/C32H40N2O8/c1-31(2,3)42-27(36)15-20-11-7-5-4-6-8-12-21-17-32(21,29(38)39)18-25(35)24-16-22(19-34(24)28(20)37)40-30-33-23-13-9-10-14-26(23)41-30/h8-10,12-14,20-22,24H,4-7,11,15-19H2,1-3H3,(H,38,39)/b12-8-/t20-,21-,22-,24+,32-/m1/s1. The molecule has 3 aliphatic rings. The zero-order chi connectivity index (χ0) is 30.1. The number of nitrogens with zero attached hydrogens (tertiary/aromatic N) is 2. The Balaban J connectivity index is 1.41. The van der Waals surface area contributed by atoms with E-state index in [0.29, 0.717) is 23.9 Å². The number of ether oxygens (including phenoxy) is 2. The van der Waals surface area contributed by atoms with Gasteiger partial charge in [-0.2, -0.15) is 4.98 Å². The zero-order valence-corrected chi connectivity index (χ0v) is 24.5. The van der Waals surface area contributed by atoms with Gasteiger partial charge in [0.05, 0.1) is 24.4 Å². The minimum atomic E-state index is -1.16. The van der Waals surface area contributed by atoms with E-state index < -0.39 is 41.0 Å². The van der Waals surface area contributed by atoms with E-state index in [-0.39, 0.29) is 49.5 Å². The van der Waals surface area contributed by atoms with Crippen molar-refractivity contribution in [1.82, 2.24) is 9.88 Å². The summed E-state index contributed by atoms with van der Waals surface area (Å²) in [6.07, 6.45) is 7.49. The van der Waals surface area contributed by atoms with Gasteiger partial charge in [0, 0.05) is 18.8 Å². The first-order valence-corrected chi connectivity index (χ1v) is 14.9. The quantitative estimate of drug-likeness (QED) is 0.379. The van der Waals surface area contributed by atoms with E-state index in [1.807, 2.05) is 24.3 Å². The van der Waals surface area contributed by atoms with Gasteiger partial charge < -0.3 is 23.9 Å². The van der Waals surface area contributed by atoms with Crippen molar-refractivity contribution in [2.45, 2.75) is 96.3 Å². The zero-order valence-electron chi connectivity index (χ0n) is 24.5. The molecule has 2 aromatic rings. The molecule has 2 fully saturated rings. The number of hydrogen-bond donors (Lipinski definition) is 1. The van der Waals surface area contributed by atoms with E-state index in [1.165, 1.54) is 4.90 Å². The third-order valence-electron chi connectivity index (χ3n) is 8.48. The lowest BCUT2D eigenvalue weighted by atomic mass is 9.91. The maximum atomic E-state index is 14.1. The van der Waals surface area contributed by atoms with Crippen LogP contribution < -0.4 is 4.74 Å². The average molecular weight is 581 g/mol. The lowest BCUT2D eigenvalue weighted by molar-refractivity contribution is -0.159. The topological polar surface area (TPSA) is 136 Å². The van der Waals surface area contributed by atoms with E-state index in [9.17, 15) is 24.3 Å². The number of carboxylic acid groups (broad SMARTS) is 1. The second kappa shape index (κ2) is 11.9. The van der Waals surface area contributed by atoms with Gasteiger partial charge in [-0.1, -0.05) is 37.1 Å². The molecule has 1 saturated carbocycles. The Kier molecular flexibility index (Phi) is 8.44. The Morgan fingerprint density at radius 3 is 2.69 bits per heavy atom. The number of oxazole rings is 1. The first kappa shape index (κ1) is 29.8. The summed E-state index contributed by atoms with van der Waals surface area (Å²) in [4.78, 5) is 58.9. The molecule has 2 aliphatic heterocycles. The van der Waals surface area contributed by atoms with Gasteiger partial charge >= 0.3 is 18.0 Å². The normalized spacial score (nSPS) is 29.6. The Hall–Kier alpha value is -3.69. The number of hydrogen-bond acceptors (Lipinski definition) is 8. The molecule has 10 nitrogen and oxygen atoms in total. The summed E-state index contributed by atoms with van der Waals surface area (Å²) < 4.78 is 17.3. The summed E-state index contributed by atoms with van der Waals surface area (Å²) in [7, 11) is 0. The number of rotatable bonds is 5. The summed E-state index contributed by atoms with van der Waals surface area (Å²) in [6.45, 7) is 5.44. The fourth-order valence-electron chi connectivity index (χ4n) is 6.24. The Bertz CT molecular complexity index is 1340. The van der Waals surface area contributed by atoms with Crippen LogP contribution in [0.3, 0.4) is 0 Å². The first-order chi connectivity index (χ1) is 19.9. The summed E-state index contributed by atoms with van der Waals surface area (Å²) in [6, 6.07) is 6.35. The molecular formula is C32H40N2O8. The van der Waals surface area contributed by atoms with Crippen molar-refractivity contribution in [1.29, 1.82) is 0 Å². The molecular weight excluding hydrogens is 540 g/mol. The van der Waals surface area contributed by atoms with Crippen LogP contribution >= 0.6 is 0 Å². The maximum absolute atomic E-state index is 14.1. The Morgan fingerprint density at radius 2 is 1.95 bits per heavy atom. The highest BCUT2D eigenvalue weighted by Crippen LogP contribution is 2.57. The number of aromatic nitrogens is 1. The molecule has 42 heavy (non-hydrogen) atoms. The van der Waals surface area contributed by atoms with E-state index in [0.717, 1.165) is 25.7 Å². The molecule has 5 atom stereocenters. The fourth-order valence-corrected chi connectivity index (χ4v) is 6.24. The molecule has 1 N–H and O–H groups in total. The predicted molar refractivity (Wildman–Crippen MR) is 153 cm³/mol. The molecule has 0 radical (unpaired) electrons. The number of carbonyl (C=O) groups is 4. The Labute approximate surface area is 245 Å². The molecule has 1 aromatic heterocycles. The highest BCUT2D eigenvalue weighted by Gasteiger charge is 2.61. The number of ketones is 1. The van der Waals surface area contributed by atoms with E-state index in [1.54, 1.807) is 32.9 Å². The maximum Gasteiger partial charge on any atom is 0.394 e. The van der Waals surface area contributed by atoms with Crippen LogP contribution in [-0.4, -0.2) is 62.9 Å². The summed E-state index contributed by atoms with van der Waals surface area (Å²) in [5.74, 6) is -2.95. The van der Waals surface area contributed by atoms with Gasteiger partial charge in [0.25, 0.3) is 0 Å². The minimum Gasteiger partial charge on any atom is -0.481 e. The van der Waals surface area contributed by atoms with Crippen LogP contribution in [-0.2, 0) is 23.9 Å². The molecule has 1 aromatic carbocycles. The van der Waals surface area contributed by atoms with Gasteiger partial charge in [-0.3, -0.25) is 19.2 Å². The van der Waals surface area contributed by atoms with Crippen molar-refractivity contribution in [3.8, 4) is 6.08 Å². The van der Waals surface area contributed by atoms with Gasteiger partial charge in [0.15, 0.2) is 11.4 Å². The molecule has 5 rings (SSSR count). The number of benzene rings is 1. The lowest BCUT2D eigenvalue weighted by Gasteiger charge is -2.29. The van der Waals surface area contributed by atoms with Crippen molar-refractivity contribution >= 4 is 34.7 Å². The van der Waals surface area contributed by atoms with Gasteiger partial charge in [-0.25, -0.2) is 0 Å². The fraction of sp³-hybridized carbons (Fsp3) is 0.594. The van der Waals surface area contributed by atoms with Gasteiger partial charge in [0.2, 0.25) is 5.91 Å². The number of fused-ring (bicyclic) bond motifs is 3. The molecule has 1 aliphatic carbocycles. The number of amides is 1. The molecule has 3 heterocycles. The van der Waals surface area contributed by atoms with Crippen LogP contribution in [0.2, 0.25) is 0 Å². The highest BCUT2D eigenvalue weighted by atomic mass is 16.6. The number of carboxylic acids is 1. The second-order valence-corrected chi connectivity index (χ2v) is 12.9. The molecule has 1 amide bonds. The smallest absolute Gasteiger partial charge is 0.394 e. The molecule has 1 saturated heterocycles. The van der Waals surface area contributed by atoms with Crippen molar-refractivity contribution in [2.75, 3.05) is 6.54 Å². The van der Waals surface area contributed by atoms with E-state index in [2.05, 4.69) is 4.98 Å². The Morgan fingerprint density at radius 1 is 1.17 bits per heavy atom. The number of carbonyl (C=O) groups excluding carboxylic acids is 3. The molecule has 10 heteroatoms. The first-order valence-electron chi connectivity index (χ1n) is 14.9. The van der Waals surface area contributed by atoms with Crippen LogP contribution in [0, 0.1) is 17.3 Å². The average Bonchev–Trinajstić information content (AvgIpc) is 3.24. The van der Waals surface area contributed by atoms with Crippen molar-refractivity contribution in [3.05, 3.63) is 36.4 Å². The predicted octanol–water partition coefficient (Wildman–Crippen LogP) is 5.09. The van der Waals surface area contributed by atoms with Gasteiger partial charge in [-0.05, 0) is 64.5 Å². The molecule has 226 valence electrons. The molecule has 0 bridgehead atoms. The largest absolute Gasteiger partial charge is 0.481 e. The van der Waals surface area contributed by atoms with E-state index in [4.69, 9.17) is 13.9 Å². The van der Waals surface area contributed by atoms with Crippen LogP contribution in [0.1, 0.15) is 78.6 Å². The van der Waals surface area contributed by atoms with Crippen molar-refractivity contribution in [2.24, 2.45) is 17.3 Å². The van der Waals surface area contributed by atoms with Crippen LogP contribution in [0.4, 0.5) is 0 Å². The number of para-hydroxylation sites is 2. The van der Waals surface area contributed by atoms with E-state index >= 15 is 0 Å². The third-order valence-corrected chi connectivity index (χ3v) is 8.48.